The Morgan fingerprint density at radius 2 is 2.08 bits per heavy atom. The van der Waals surface area contributed by atoms with Gasteiger partial charge in [-0.25, -0.2) is 13.4 Å². The lowest BCUT2D eigenvalue weighted by atomic mass is 10.2. The second kappa shape index (κ2) is 9.19. The van der Waals surface area contributed by atoms with Crippen molar-refractivity contribution in [3.63, 3.8) is 0 Å². The monoisotopic (exact) mass is 370 g/mol. The van der Waals surface area contributed by atoms with Gasteiger partial charge >= 0.3 is 0 Å². The van der Waals surface area contributed by atoms with Gasteiger partial charge in [0.15, 0.2) is 5.96 Å². The first kappa shape index (κ1) is 19.0. The fourth-order valence-electron chi connectivity index (χ4n) is 2.48. The highest BCUT2D eigenvalue weighted by Gasteiger charge is 2.27. The summed E-state index contributed by atoms with van der Waals surface area (Å²) in [5.74, 6) is 0.700. The van der Waals surface area contributed by atoms with Crippen LogP contribution in [0.5, 0.6) is 0 Å². The second-order valence-electron chi connectivity index (χ2n) is 5.55. The standard InChI is InChI=1S/C16H26N4O2S2/c1-3-10-18-16(17-4-2)19-13-14-8-9-15(23-14)24(21,22)20-11-6-5-7-12-20/h3,8-9H,1,4-7,10-13H2,2H3,(H2,17,18,19). The van der Waals surface area contributed by atoms with Gasteiger partial charge < -0.3 is 10.6 Å². The van der Waals surface area contributed by atoms with E-state index in [1.54, 1.807) is 16.4 Å². The quantitative estimate of drug-likeness (QED) is 0.438. The Labute approximate surface area is 148 Å². The van der Waals surface area contributed by atoms with Crippen LogP contribution in [0.25, 0.3) is 0 Å². The molecule has 1 fully saturated rings. The van der Waals surface area contributed by atoms with Gasteiger partial charge in [-0.1, -0.05) is 12.5 Å². The highest BCUT2D eigenvalue weighted by Crippen LogP contribution is 2.27. The number of nitrogens with one attached hydrogen (secondary N) is 2. The van der Waals surface area contributed by atoms with E-state index in [1.807, 2.05) is 13.0 Å². The molecule has 0 unspecified atom stereocenters. The van der Waals surface area contributed by atoms with Crippen LogP contribution in [0.2, 0.25) is 0 Å². The summed E-state index contributed by atoms with van der Waals surface area (Å²) in [5.41, 5.74) is 0. The van der Waals surface area contributed by atoms with Gasteiger partial charge in [0.05, 0.1) is 6.54 Å². The number of aliphatic imine (C=N–C) groups is 1. The van der Waals surface area contributed by atoms with Crippen molar-refractivity contribution < 1.29 is 8.42 Å². The largest absolute Gasteiger partial charge is 0.357 e. The molecule has 1 saturated heterocycles. The number of nitrogens with zero attached hydrogens (tertiary/aromatic N) is 2. The lowest BCUT2D eigenvalue weighted by molar-refractivity contribution is 0.347. The molecule has 6 nitrogen and oxygen atoms in total. The van der Waals surface area contributed by atoms with Crippen molar-refractivity contribution in [2.45, 2.75) is 36.9 Å². The molecular weight excluding hydrogens is 344 g/mol. The summed E-state index contributed by atoms with van der Waals surface area (Å²) < 4.78 is 27.3. The fraction of sp³-hybridized carbons (Fsp3) is 0.562. The summed E-state index contributed by atoms with van der Waals surface area (Å²) in [6.45, 7) is 8.78. The molecule has 2 heterocycles. The van der Waals surface area contributed by atoms with Crippen molar-refractivity contribution in [2.75, 3.05) is 26.2 Å². The van der Waals surface area contributed by atoms with E-state index in [9.17, 15) is 8.42 Å². The molecule has 2 N–H and O–H groups in total. The van der Waals surface area contributed by atoms with Crippen molar-refractivity contribution >= 4 is 27.3 Å². The molecule has 1 aromatic rings. The Morgan fingerprint density at radius 1 is 1.33 bits per heavy atom. The van der Waals surface area contributed by atoms with Crippen molar-refractivity contribution in [3.8, 4) is 0 Å². The van der Waals surface area contributed by atoms with Gasteiger partial charge in [0.1, 0.15) is 4.21 Å². The number of sulfonamides is 1. The molecule has 1 aromatic heterocycles. The van der Waals surface area contributed by atoms with Crippen molar-refractivity contribution in [1.82, 2.24) is 14.9 Å². The van der Waals surface area contributed by atoms with E-state index in [4.69, 9.17) is 0 Å². The molecule has 0 radical (unpaired) electrons. The van der Waals surface area contributed by atoms with Crippen LogP contribution >= 0.6 is 11.3 Å². The number of thiophene rings is 1. The third-order valence-electron chi connectivity index (χ3n) is 3.70. The summed E-state index contributed by atoms with van der Waals surface area (Å²) in [7, 11) is -3.35. The predicted molar refractivity (Wildman–Crippen MR) is 99.9 cm³/mol. The Morgan fingerprint density at radius 3 is 2.75 bits per heavy atom. The van der Waals surface area contributed by atoms with E-state index in [0.29, 0.717) is 36.3 Å². The molecule has 0 amide bonds. The Bertz CT molecular complexity index is 661. The minimum absolute atomic E-state index is 0.415. The van der Waals surface area contributed by atoms with Crippen LogP contribution in [0.15, 0.2) is 34.0 Å². The predicted octanol–water partition coefficient (Wildman–Crippen LogP) is 2.16. The third-order valence-corrected chi connectivity index (χ3v) is 7.13. The van der Waals surface area contributed by atoms with Crippen molar-refractivity contribution in [2.24, 2.45) is 4.99 Å². The van der Waals surface area contributed by atoms with E-state index in [-0.39, 0.29) is 0 Å². The van der Waals surface area contributed by atoms with Crippen LogP contribution < -0.4 is 10.6 Å². The van der Waals surface area contributed by atoms with E-state index >= 15 is 0 Å². The molecule has 0 atom stereocenters. The van der Waals surface area contributed by atoms with E-state index in [1.165, 1.54) is 11.3 Å². The molecule has 8 heteroatoms. The summed E-state index contributed by atoms with van der Waals surface area (Å²) in [6.07, 6.45) is 4.77. The SMILES string of the molecule is C=CCNC(=NCc1ccc(S(=O)(=O)N2CCCCC2)s1)NCC. The number of hydrogen-bond donors (Lipinski definition) is 2. The van der Waals surface area contributed by atoms with Gasteiger partial charge in [-0.2, -0.15) is 4.31 Å². The Kier molecular flexibility index (Phi) is 7.26. The van der Waals surface area contributed by atoms with Crippen LogP contribution in [0.1, 0.15) is 31.1 Å². The van der Waals surface area contributed by atoms with Gasteiger partial charge in [0, 0.05) is 31.1 Å². The lowest BCUT2D eigenvalue weighted by Crippen LogP contribution is -2.37. The zero-order chi connectivity index (χ0) is 17.4. The lowest BCUT2D eigenvalue weighted by Gasteiger charge is -2.25. The minimum atomic E-state index is -3.35. The minimum Gasteiger partial charge on any atom is -0.357 e. The smallest absolute Gasteiger partial charge is 0.252 e. The molecule has 134 valence electrons. The number of guanidine groups is 1. The van der Waals surface area contributed by atoms with Crippen LogP contribution in [0.4, 0.5) is 0 Å². The molecular formula is C16H26N4O2S2. The van der Waals surface area contributed by atoms with Gasteiger partial charge in [0.25, 0.3) is 10.0 Å². The Hall–Kier alpha value is -1.38. The maximum atomic E-state index is 12.6. The molecule has 0 spiro atoms. The number of hydrogen-bond acceptors (Lipinski definition) is 4. The molecule has 0 bridgehead atoms. The van der Waals surface area contributed by atoms with Crippen molar-refractivity contribution in [3.05, 3.63) is 29.7 Å². The highest BCUT2D eigenvalue weighted by molar-refractivity contribution is 7.91. The molecule has 2 rings (SSSR count). The van der Waals surface area contributed by atoms with Crippen LogP contribution in [0.3, 0.4) is 0 Å². The molecule has 0 aliphatic carbocycles. The van der Waals surface area contributed by atoms with Gasteiger partial charge in [-0.3, -0.25) is 0 Å². The third kappa shape index (κ3) is 5.06. The molecule has 0 saturated carbocycles. The van der Waals surface area contributed by atoms with Gasteiger partial charge in [-0.05, 0) is 31.9 Å². The van der Waals surface area contributed by atoms with Crippen LogP contribution in [-0.4, -0.2) is 44.9 Å². The maximum Gasteiger partial charge on any atom is 0.252 e. The molecule has 1 aliphatic heterocycles. The highest BCUT2D eigenvalue weighted by atomic mass is 32.2. The fourth-order valence-corrected chi connectivity index (χ4v) is 5.43. The average Bonchev–Trinajstić information content (AvgIpc) is 3.08. The van der Waals surface area contributed by atoms with Crippen LogP contribution in [0, 0.1) is 0 Å². The topological polar surface area (TPSA) is 73.8 Å². The maximum absolute atomic E-state index is 12.6. The van der Waals surface area contributed by atoms with Gasteiger partial charge in [-0.15, -0.1) is 17.9 Å². The Balaban J connectivity index is 2.05. The average molecular weight is 371 g/mol. The summed E-state index contributed by atoms with van der Waals surface area (Å²) in [6, 6.07) is 3.55. The zero-order valence-electron chi connectivity index (χ0n) is 14.1. The number of piperidine rings is 1. The summed E-state index contributed by atoms with van der Waals surface area (Å²) in [4.78, 5) is 5.41. The zero-order valence-corrected chi connectivity index (χ0v) is 15.8. The summed E-state index contributed by atoms with van der Waals surface area (Å²) in [5, 5.41) is 6.27. The first-order valence-electron chi connectivity index (χ1n) is 8.30. The van der Waals surface area contributed by atoms with Crippen molar-refractivity contribution in [1.29, 1.82) is 0 Å². The first-order valence-corrected chi connectivity index (χ1v) is 10.6. The first-order chi connectivity index (χ1) is 11.6. The van der Waals surface area contributed by atoms with E-state index < -0.39 is 10.0 Å². The van der Waals surface area contributed by atoms with E-state index in [0.717, 1.165) is 30.7 Å². The number of rotatable bonds is 7. The molecule has 24 heavy (non-hydrogen) atoms. The normalized spacial score (nSPS) is 16.8. The molecule has 1 aliphatic rings. The second-order valence-corrected chi connectivity index (χ2v) is 8.88. The van der Waals surface area contributed by atoms with Crippen LogP contribution in [-0.2, 0) is 16.6 Å². The van der Waals surface area contributed by atoms with E-state index in [2.05, 4.69) is 22.2 Å². The van der Waals surface area contributed by atoms with Gasteiger partial charge in [0.2, 0.25) is 0 Å². The molecule has 0 aromatic carbocycles. The summed E-state index contributed by atoms with van der Waals surface area (Å²) >= 11 is 1.30.